The van der Waals surface area contributed by atoms with Gasteiger partial charge in [-0.1, -0.05) is 18.2 Å². The molecule has 3 rings (SSSR count). The van der Waals surface area contributed by atoms with Gasteiger partial charge in [0, 0.05) is 13.2 Å². The number of anilines is 1. The second-order valence-corrected chi connectivity index (χ2v) is 7.14. The number of amides is 3. The number of nitrogens with zero attached hydrogens (tertiary/aromatic N) is 2. The van der Waals surface area contributed by atoms with Gasteiger partial charge >= 0.3 is 6.09 Å². The molecule has 11 heteroatoms. The predicted octanol–water partition coefficient (Wildman–Crippen LogP) is 1.43. The van der Waals surface area contributed by atoms with Crippen LogP contribution in [0.15, 0.2) is 59.5 Å². The van der Waals surface area contributed by atoms with Crippen molar-refractivity contribution in [2.75, 3.05) is 12.4 Å². The van der Waals surface area contributed by atoms with Crippen LogP contribution >= 0.6 is 0 Å². The van der Waals surface area contributed by atoms with Crippen molar-refractivity contribution in [1.29, 1.82) is 0 Å². The number of para-hydroxylation sites is 2. The van der Waals surface area contributed by atoms with Gasteiger partial charge in [0.15, 0.2) is 0 Å². The van der Waals surface area contributed by atoms with Gasteiger partial charge in [-0.2, -0.15) is 0 Å². The fourth-order valence-electron chi connectivity index (χ4n) is 3.17. The van der Waals surface area contributed by atoms with Crippen molar-refractivity contribution in [2.45, 2.75) is 25.4 Å². The van der Waals surface area contributed by atoms with Crippen molar-refractivity contribution < 1.29 is 19.5 Å². The van der Waals surface area contributed by atoms with Crippen molar-refractivity contribution in [3.63, 3.8) is 0 Å². The van der Waals surface area contributed by atoms with Crippen LogP contribution < -0.4 is 21.5 Å². The number of aromatic nitrogens is 3. The van der Waals surface area contributed by atoms with E-state index in [0.29, 0.717) is 5.82 Å². The summed E-state index contributed by atoms with van der Waals surface area (Å²) in [5.74, 6) is -0.407. The number of H-pyrrole nitrogens is 1. The zero-order chi connectivity index (χ0) is 23.8. The minimum absolute atomic E-state index is 0.0108. The molecule has 0 fully saturated rings. The number of nitrogens with one attached hydrogen (secondary N) is 4. The lowest BCUT2D eigenvalue weighted by Gasteiger charge is -2.16. The van der Waals surface area contributed by atoms with E-state index in [1.165, 1.54) is 29.8 Å². The van der Waals surface area contributed by atoms with Gasteiger partial charge in [-0.3, -0.25) is 14.4 Å². The lowest BCUT2D eigenvalue weighted by Crippen LogP contribution is -2.44. The summed E-state index contributed by atoms with van der Waals surface area (Å²) in [6, 6.07) is 9.41. The molecule has 3 amide bonds. The lowest BCUT2D eigenvalue weighted by atomic mass is 10.1. The Balaban J connectivity index is 1.71. The van der Waals surface area contributed by atoms with Gasteiger partial charge in [-0.25, -0.2) is 9.78 Å². The summed E-state index contributed by atoms with van der Waals surface area (Å²) in [4.78, 5) is 55.4. The molecular formula is C22H24N6O5. The number of aromatic amines is 1. The largest absolute Gasteiger partial charge is 0.465 e. The van der Waals surface area contributed by atoms with E-state index >= 15 is 0 Å². The standard InChI is InChI=1S/C22H24N6O5/c1-23-19(29)11-5-4-9-16(27-22(32)33)20(30)26-17-10-6-12-28(21(17)31)13-18-24-14-7-2-3-8-15(14)25-18/h2-3,5-8,10-12,16,27H,4,9,13H2,1H3,(H,23,29)(H,24,25)(H,26,30)(H,32,33)/b11-5+. The zero-order valence-electron chi connectivity index (χ0n) is 17.9. The van der Waals surface area contributed by atoms with Gasteiger partial charge in [-0.05, 0) is 43.2 Å². The number of rotatable bonds is 9. The fourth-order valence-corrected chi connectivity index (χ4v) is 3.17. The molecule has 0 saturated heterocycles. The maximum atomic E-state index is 12.9. The average molecular weight is 452 g/mol. The first kappa shape index (κ1) is 23.3. The highest BCUT2D eigenvalue weighted by atomic mass is 16.4. The number of carbonyl (C=O) groups excluding carboxylic acids is 2. The second-order valence-electron chi connectivity index (χ2n) is 7.14. The quantitative estimate of drug-likeness (QED) is 0.309. The first-order chi connectivity index (χ1) is 15.9. The summed E-state index contributed by atoms with van der Waals surface area (Å²) in [7, 11) is 1.48. The fraction of sp³-hybridized carbons (Fsp3) is 0.227. The number of likely N-dealkylation sites (N-methyl/N-ethyl adjacent to an activating group) is 1. The van der Waals surface area contributed by atoms with Gasteiger partial charge in [0.2, 0.25) is 11.8 Å². The summed E-state index contributed by atoms with van der Waals surface area (Å²) in [5, 5.41) is 16.1. The third-order valence-corrected chi connectivity index (χ3v) is 4.79. The van der Waals surface area contributed by atoms with Gasteiger partial charge in [0.05, 0.1) is 17.6 Å². The second kappa shape index (κ2) is 10.8. The Kier molecular flexibility index (Phi) is 7.58. The molecule has 2 aromatic heterocycles. The monoisotopic (exact) mass is 452 g/mol. The number of carbonyl (C=O) groups is 3. The van der Waals surface area contributed by atoms with Crippen LogP contribution in [0.5, 0.6) is 0 Å². The maximum absolute atomic E-state index is 12.9. The summed E-state index contributed by atoms with van der Waals surface area (Å²) in [6.45, 7) is 0.165. The molecule has 0 aliphatic heterocycles. The van der Waals surface area contributed by atoms with Gasteiger partial charge in [0.1, 0.15) is 17.6 Å². The number of fused-ring (bicyclic) bond motifs is 1. The Morgan fingerprint density at radius 1 is 1.21 bits per heavy atom. The highest BCUT2D eigenvalue weighted by molar-refractivity contribution is 5.96. The highest BCUT2D eigenvalue weighted by Gasteiger charge is 2.21. The number of allylic oxidation sites excluding steroid dienone is 1. The van der Waals surface area contributed by atoms with Crippen molar-refractivity contribution in [3.05, 3.63) is 70.9 Å². The van der Waals surface area contributed by atoms with Crippen LogP contribution in [0.4, 0.5) is 10.5 Å². The summed E-state index contributed by atoms with van der Waals surface area (Å²) in [5.41, 5.74) is 1.17. The third kappa shape index (κ3) is 6.29. The summed E-state index contributed by atoms with van der Waals surface area (Å²) >= 11 is 0. The summed E-state index contributed by atoms with van der Waals surface area (Å²) in [6.07, 6.45) is 3.40. The van der Waals surface area contributed by atoms with Crippen LogP contribution in [0.2, 0.25) is 0 Å². The molecule has 0 aliphatic rings. The van der Waals surface area contributed by atoms with Crippen molar-refractivity contribution in [1.82, 2.24) is 25.2 Å². The molecule has 2 heterocycles. The topological polar surface area (TPSA) is 158 Å². The number of carboxylic acid groups (broad SMARTS) is 1. The molecule has 0 aliphatic carbocycles. The molecule has 1 unspecified atom stereocenters. The number of pyridine rings is 1. The minimum atomic E-state index is -1.37. The van der Waals surface area contributed by atoms with Gasteiger partial charge in [0.25, 0.3) is 5.56 Å². The molecule has 1 aromatic carbocycles. The Bertz CT molecular complexity index is 1210. The molecule has 5 N–H and O–H groups in total. The smallest absolute Gasteiger partial charge is 0.405 e. The van der Waals surface area contributed by atoms with Gasteiger partial charge < -0.3 is 30.6 Å². The van der Waals surface area contributed by atoms with E-state index in [4.69, 9.17) is 5.11 Å². The SMILES string of the molecule is CNC(=O)/C=C/CCC(NC(=O)O)C(=O)Nc1cccn(Cc2nc3ccccc3[nH]2)c1=O. The first-order valence-corrected chi connectivity index (χ1v) is 10.2. The Hall–Kier alpha value is -4.41. The predicted molar refractivity (Wildman–Crippen MR) is 122 cm³/mol. The van der Waals surface area contributed by atoms with Crippen LogP contribution in [-0.2, 0) is 16.1 Å². The highest BCUT2D eigenvalue weighted by Crippen LogP contribution is 2.11. The normalized spacial score (nSPS) is 11.9. The molecule has 33 heavy (non-hydrogen) atoms. The molecular weight excluding hydrogens is 428 g/mol. The molecule has 0 bridgehead atoms. The van der Waals surface area contributed by atoms with Gasteiger partial charge in [-0.15, -0.1) is 0 Å². The van der Waals surface area contributed by atoms with E-state index in [1.807, 2.05) is 24.3 Å². The van der Waals surface area contributed by atoms with Crippen molar-refractivity contribution >= 4 is 34.6 Å². The zero-order valence-corrected chi connectivity index (χ0v) is 17.9. The molecule has 172 valence electrons. The minimum Gasteiger partial charge on any atom is -0.465 e. The van der Waals surface area contributed by atoms with Crippen LogP contribution in [0.3, 0.4) is 0 Å². The molecule has 0 spiro atoms. The number of benzene rings is 1. The van der Waals surface area contributed by atoms with Crippen molar-refractivity contribution in [2.24, 2.45) is 0 Å². The lowest BCUT2D eigenvalue weighted by molar-refractivity contribution is -0.118. The molecule has 0 saturated carbocycles. The Labute approximate surface area is 188 Å². The average Bonchev–Trinajstić information content (AvgIpc) is 3.20. The third-order valence-electron chi connectivity index (χ3n) is 4.79. The Morgan fingerprint density at radius 3 is 2.73 bits per heavy atom. The molecule has 3 aromatic rings. The summed E-state index contributed by atoms with van der Waals surface area (Å²) < 4.78 is 1.39. The van der Waals surface area contributed by atoms with E-state index in [-0.39, 0.29) is 31.0 Å². The maximum Gasteiger partial charge on any atom is 0.405 e. The molecule has 11 nitrogen and oxygen atoms in total. The molecule has 0 radical (unpaired) electrons. The van der Waals surface area contributed by atoms with E-state index in [2.05, 4.69) is 25.9 Å². The number of hydrogen-bond acceptors (Lipinski definition) is 5. The van der Waals surface area contributed by atoms with Crippen LogP contribution in [-0.4, -0.2) is 50.6 Å². The van der Waals surface area contributed by atoms with Crippen LogP contribution in [0.1, 0.15) is 18.7 Å². The van der Waals surface area contributed by atoms with E-state index in [1.54, 1.807) is 12.3 Å². The van der Waals surface area contributed by atoms with E-state index in [9.17, 15) is 19.2 Å². The Morgan fingerprint density at radius 2 is 2.00 bits per heavy atom. The number of imidazole rings is 1. The molecule has 1 atom stereocenters. The van der Waals surface area contributed by atoms with Crippen molar-refractivity contribution in [3.8, 4) is 0 Å². The van der Waals surface area contributed by atoms with E-state index in [0.717, 1.165) is 11.0 Å². The first-order valence-electron chi connectivity index (χ1n) is 10.2. The van der Waals surface area contributed by atoms with Crippen LogP contribution in [0, 0.1) is 0 Å². The van der Waals surface area contributed by atoms with Crippen LogP contribution in [0.25, 0.3) is 11.0 Å². The van der Waals surface area contributed by atoms with E-state index < -0.39 is 23.6 Å². The number of hydrogen-bond donors (Lipinski definition) is 5.